The summed E-state index contributed by atoms with van der Waals surface area (Å²) in [5.74, 6) is -0.609. The van der Waals surface area contributed by atoms with E-state index in [-0.39, 0.29) is 11.6 Å². The van der Waals surface area contributed by atoms with Crippen LogP contribution in [0.4, 0.5) is 8.78 Å². The minimum Gasteiger partial charge on any atom is -0.332 e. The van der Waals surface area contributed by atoms with Crippen LogP contribution < -0.4 is 0 Å². The van der Waals surface area contributed by atoms with Gasteiger partial charge in [-0.25, -0.2) is 13.5 Å². The fourth-order valence-corrected chi connectivity index (χ4v) is 2.66. The quantitative estimate of drug-likeness (QED) is 0.559. The Bertz CT molecular complexity index is 1100. The highest BCUT2D eigenvalue weighted by Gasteiger charge is 2.20. The predicted molar refractivity (Wildman–Crippen MR) is 89.5 cm³/mol. The van der Waals surface area contributed by atoms with Gasteiger partial charge in [-0.2, -0.15) is 4.98 Å². The maximum absolute atomic E-state index is 14.0. The first-order chi connectivity index (χ1) is 12.5. The summed E-state index contributed by atoms with van der Waals surface area (Å²) in [5, 5.41) is 11.9. The zero-order valence-electron chi connectivity index (χ0n) is 13.9. The van der Waals surface area contributed by atoms with Crippen molar-refractivity contribution < 1.29 is 13.3 Å². The number of halogens is 2. The van der Waals surface area contributed by atoms with Crippen molar-refractivity contribution in [1.82, 2.24) is 25.1 Å². The topological polar surface area (TPSA) is 69.6 Å². The maximum atomic E-state index is 14.0. The molecule has 0 spiro atoms. The maximum Gasteiger partial charge on any atom is 0.280 e. The molecule has 0 atom stereocenters. The Hall–Kier alpha value is -3.42. The SMILES string of the molecule is Cc1ccccc1-c1noc(-c2nnn(-c3cc(F)ccc3F)c2C)n1. The highest BCUT2D eigenvalue weighted by molar-refractivity contribution is 5.62. The molecule has 0 radical (unpaired) electrons. The molecule has 130 valence electrons. The Morgan fingerprint density at radius 2 is 1.85 bits per heavy atom. The van der Waals surface area contributed by atoms with Gasteiger partial charge in [-0.3, -0.25) is 0 Å². The Kier molecular flexibility index (Phi) is 3.80. The summed E-state index contributed by atoms with van der Waals surface area (Å²) in [6.45, 7) is 3.61. The van der Waals surface area contributed by atoms with Crippen molar-refractivity contribution in [3.05, 3.63) is 65.4 Å². The third-order valence-corrected chi connectivity index (χ3v) is 4.05. The van der Waals surface area contributed by atoms with E-state index in [2.05, 4.69) is 20.5 Å². The molecule has 0 aliphatic heterocycles. The molecule has 0 unspecified atom stereocenters. The fraction of sp³-hybridized carbons (Fsp3) is 0.111. The third-order valence-electron chi connectivity index (χ3n) is 4.05. The lowest BCUT2D eigenvalue weighted by molar-refractivity contribution is 0.430. The zero-order valence-corrected chi connectivity index (χ0v) is 13.9. The van der Waals surface area contributed by atoms with E-state index in [1.54, 1.807) is 6.92 Å². The van der Waals surface area contributed by atoms with Crippen LogP contribution in [0.2, 0.25) is 0 Å². The van der Waals surface area contributed by atoms with Gasteiger partial charge >= 0.3 is 0 Å². The number of hydrogen-bond donors (Lipinski definition) is 0. The molecule has 0 aliphatic rings. The van der Waals surface area contributed by atoms with E-state index in [4.69, 9.17) is 4.52 Å². The fourth-order valence-electron chi connectivity index (χ4n) is 2.66. The highest BCUT2D eigenvalue weighted by atomic mass is 19.1. The molecule has 26 heavy (non-hydrogen) atoms. The summed E-state index contributed by atoms with van der Waals surface area (Å²) in [5.41, 5.74) is 2.56. The van der Waals surface area contributed by atoms with Crippen molar-refractivity contribution in [2.75, 3.05) is 0 Å². The Balaban J connectivity index is 1.76. The third kappa shape index (κ3) is 2.65. The minimum atomic E-state index is -0.614. The molecule has 0 N–H and O–H groups in total. The first-order valence-corrected chi connectivity index (χ1v) is 7.82. The summed E-state index contributed by atoms with van der Waals surface area (Å²) in [4.78, 5) is 4.36. The molecule has 2 heterocycles. The molecule has 4 aromatic rings. The summed E-state index contributed by atoms with van der Waals surface area (Å²) in [7, 11) is 0. The molecule has 6 nitrogen and oxygen atoms in total. The Morgan fingerprint density at radius 3 is 2.65 bits per heavy atom. The van der Waals surface area contributed by atoms with Crippen molar-refractivity contribution in [3.8, 4) is 28.7 Å². The molecule has 0 bridgehead atoms. The molecular weight excluding hydrogens is 340 g/mol. The van der Waals surface area contributed by atoms with E-state index >= 15 is 0 Å². The van der Waals surface area contributed by atoms with Crippen LogP contribution in [0.25, 0.3) is 28.7 Å². The smallest absolute Gasteiger partial charge is 0.280 e. The first-order valence-electron chi connectivity index (χ1n) is 7.82. The van der Waals surface area contributed by atoms with E-state index in [0.29, 0.717) is 17.2 Å². The molecule has 0 fully saturated rings. The normalized spacial score (nSPS) is 11.1. The van der Waals surface area contributed by atoms with Crippen LogP contribution >= 0.6 is 0 Å². The van der Waals surface area contributed by atoms with Crippen LogP contribution in [-0.4, -0.2) is 25.1 Å². The predicted octanol–water partition coefficient (Wildman–Crippen LogP) is 3.88. The molecule has 8 heteroatoms. The van der Waals surface area contributed by atoms with E-state index < -0.39 is 11.6 Å². The average molecular weight is 353 g/mol. The number of nitrogens with zero attached hydrogens (tertiary/aromatic N) is 5. The molecule has 2 aromatic carbocycles. The second-order valence-electron chi connectivity index (χ2n) is 5.77. The number of hydrogen-bond acceptors (Lipinski definition) is 5. The van der Waals surface area contributed by atoms with Crippen LogP contribution in [0.1, 0.15) is 11.3 Å². The molecule has 0 aliphatic carbocycles. The molecule has 0 amide bonds. The molecule has 4 rings (SSSR count). The van der Waals surface area contributed by atoms with Gasteiger partial charge in [0.2, 0.25) is 5.82 Å². The molecule has 2 aromatic heterocycles. The lowest BCUT2D eigenvalue weighted by Gasteiger charge is -2.04. The van der Waals surface area contributed by atoms with E-state index in [1.807, 2.05) is 31.2 Å². The lowest BCUT2D eigenvalue weighted by Crippen LogP contribution is -2.03. The summed E-state index contributed by atoms with van der Waals surface area (Å²) >= 11 is 0. The van der Waals surface area contributed by atoms with Crippen LogP contribution in [0.5, 0.6) is 0 Å². The van der Waals surface area contributed by atoms with Gasteiger partial charge in [0, 0.05) is 11.6 Å². The minimum absolute atomic E-state index is 0.0418. The largest absolute Gasteiger partial charge is 0.332 e. The van der Waals surface area contributed by atoms with E-state index in [1.165, 1.54) is 4.68 Å². The van der Waals surface area contributed by atoms with Crippen molar-refractivity contribution >= 4 is 0 Å². The number of aryl methyl sites for hydroxylation is 1. The second-order valence-corrected chi connectivity index (χ2v) is 5.77. The van der Waals surface area contributed by atoms with Crippen molar-refractivity contribution in [2.45, 2.75) is 13.8 Å². The number of benzene rings is 2. The van der Waals surface area contributed by atoms with Gasteiger partial charge in [-0.15, -0.1) is 5.10 Å². The second kappa shape index (κ2) is 6.14. The number of rotatable bonds is 3. The number of aromatic nitrogens is 5. The lowest BCUT2D eigenvalue weighted by atomic mass is 10.1. The summed E-state index contributed by atoms with van der Waals surface area (Å²) < 4.78 is 34.0. The van der Waals surface area contributed by atoms with Gasteiger partial charge in [0.25, 0.3) is 5.89 Å². The summed E-state index contributed by atoms with van der Waals surface area (Å²) in [6, 6.07) is 10.8. The standard InChI is InChI=1S/C18H13F2N5O/c1-10-5-3-4-6-13(10)17-21-18(26-23-17)16-11(2)25(24-22-16)15-9-12(19)7-8-14(15)20/h3-9H,1-2H3. The molecule has 0 saturated carbocycles. The highest BCUT2D eigenvalue weighted by Crippen LogP contribution is 2.26. The van der Waals surface area contributed by atoms with Gasteiger partial charge in [-0.05, 0) is 31.5 Å². The van der Waals surface area contributed by atoms with Crippen LogP contribution in [0.15, 0.2) is 47.0 Å². The monoisotopic (exact) mass is 353 g/mol. The molecule has 0 saturated heterocycles. The zero-order chi connectivity index (χ0) is 18.3. The summed E-state index contributed by atoms with van der Waals surface area (Å²) in [6.07, 6.45) is 0. The van der Waals surface area contributed by atoms with Gasteiger partial charge in [0.15, 0.2) is 5.69 Å². The van der Waals surface area contributed by atoms with Gasteiger partial charge in [-0.1, -0.05) is 34.6 Å². The molecular formula is C18H13F2N5O. The first kappa shape index (κ1) is 16.1. The van der Waals surface area contributed by atoms with Crippen molar-refractivity contribution in [1.29, 1.82) is 0 Å². The van der Waals surface area contributed by atoms with Gasteiger partial charge in [0.1, 0.15) is 17.3 Å². The van der Waals surface area contributed by atoms with Crippen molar-refractivity contribution in [2.24, 2.45) is 0 Å². The Morgan fingerprint density at radius 1 is 1.04 bits per heavy atom. The Labute approximate surface area is 147 Å². The van der Waals surface area contributed by atoms with Crippen LogP contribution in [-0.2, 0) is 0 Å². The average Bonchev–Trinajstić information content (AvgIpc) is 3.24. The van der Waals surface area contributed by atoms with E-state index in [9.17, 15) is 8.78 Å². The van der Waals surface area contributed by atoms with Crippen LogP contribution in [0, 0.1) is 25.5 Å². The van der Waals surface area contributed by atoms with Gasteiger partial charge < -0.3 is 4.52 Å². The van der Waals surface area contributed by atoms with Gasteiger partial charge in [0.05, 0.1) is 5.69 Å². The van der Waals surface area contributed by atoms with Crippen molar-refractivity contribution in [3.63, 3.8) is 0 Å². The van der Waals surface area contributed by atoms with Crippen LogP contribution in [0.3, 0.4) is 0 Å². The van der Waals surface area contributed by atoms with E-state index in [0.717, 1.165) is 29.3 Å².